The molecule has 0 aliphatic heterocycles. The fourth-order valence-corrected chi connectivity index (χ4v) is 2.70. The summed E-state index contributed by atoms with van der Waals surface area (Å²) in [6.07, 6.45) is 8.05. The van der Waals surface area contributed by atoms with Crippen molar-refractivity contribution in [3.63, 3.8) is 0 Å². The standard InChI is InChI=1S/C15H18N2O2/c18-15(17-10-11-5-2-1-3-6-11)14-9-12-13(19-14)7-4-8-16-12/h4,7-9,11H,1-3,5-6,10H2,(H,17,18). The van der Waals surface area contributed by atoms with E-state index in [1.165, 1.54) is 32.1 Å². The molecule has 2 heterocycles. The molecule has 0 aromatic carbocycles. The van der Waals surface area contributed by atoms with E-state index in [4.69, 9.17) is 4.42 Å². The van der Waals surface area contributed by atoms with Crippen LogP contribution < -0.4 is 5.32 Å². The predicted octanol–water partition coefficient (Wildman–Crippen LogP) is 3.14. The van der Waals surface area contributed by atoms with Crippen LogP contribution in [0, 0.1) is 5.92 Å². The van der Waals surface area contributed by atoms with Crippen LogP contribution in [0.1, 0.15) is 42.7 Å². The Balaban J connectivity index is 1.63. The summed E-state index contributed by atoms with van der Waals surface area (Å²) in [5.74, 6) is 0.841. The Morgan fingerprint density at radius 3 is 3.00 bits per heavy atom. The molecule has 2 aromatic heterocycles. The first-order valence-electron chi connectivity index (χ1n) is 6.96. The molecule has 4 nitrogen and oxygen atoms in total. The van der Waals surface area contributed by atoms with Gasteiger partial charge in [-0.3, -0.25) is 9.78 Å². The molecule has 0 radical (unpaired) electrons. The number of carbonyl (C=O) groups is 1. The van der Waals surface area contributed by atoms with Crippen LogP contribution in [-0.2, 0) is 0 Å². The fraction of sp³-hybridized carbons (Fsp3) is 0.467. The summed E-state index contributed by atoms with van der Waals surface area (Å²) in [5.41, 5.74) is 1.38. The quantitative estimate of drug-likeness (QED) is 0.920. The van der Waals surface area contributed by atoms with Gasteiger partial charge >= 0.3 is 0 Å². The predicted molar refractivity (Wildman–Crippen MR) is 72.9 cm³/mol. The lowest BCUT2D eigenvalue weighted by Crippen LogP contribution is -2.29. The second-order valence-corrected chi connectivity index (χ2v) is 5.21. The van der Waals surface area contributed by atoms with Crippen LogP contribution in [0.2, 0.25) is 0 Å². The number of fused-ring (bicyclic) bond motifs is 1. The van der Waals surface area contributed by atoms with Crippen molar-refractivity contribution >= 4 is 17.0 Å². The fourth-order valence-electron chi connectivity index (χ4n) is 2.70. The summed E-state index contributed by atoms with van der Waals surface area (Å²) in [6, 6.07) is 5.32. The van der Waals surface area contributed by atoms with E-state index in [1.807, 2.05) is 6.07 Å². The first-order valence-corrected chi connectivity index (χ1v) is 6.96. The number of nitrogens with zero attached hydrogens (tertiary/aromatic N) is 1. The molecular formula is C15H18N2O2. The molecule has 4 heteroatoms. The van der Waals surface area contributed by atoms with Crippen LogP contribution in [0.3, 0.4) is 0 Å². The average molecular weight is 258 g/mol. The topological polar surface area (TPSA) is 55.1 Å². The van der Waals surface area contributed by atoms with Gasteiger partial charge in [0.15, 0.2) is 11.3 Å². The zero-order valence-electron chi connectivity index (χ0n) is 10.9. The summed E-state index contributed by atoms with van der Waals surface area (Å²) >= 11 is 0. The Kier molecular flexibility index (Phi) is 3.49. The average Bonchev–Trinajstić information content (AvgIpc) is 2.90. The Hall–Kier alpha value is -1.84. The molecule has 3 rings (SSSR count). The van der Waals surface area contributed by atoms with E-state index in [1.54, 1.807) is 18.3 Å². The van der Waals surface area contributed by atoms with Gasteiger partial charge in [0.1, 0.15) is 5.52 Å². The Bertz CT molecular complexity index is 537. The highest BCUT2D eigenvalue weighted by Gasteiger charge is 2.17. The lowest BCUT2D eigenvalue weighted by atomic mass is 9.89. The molecule has 19 heavy (non-hydrogen) atoms. The number of nitrogens with one attached hydrogen (secondary N) is 1. The molecule has 0 spiro atoms. The van der Waals surface area contributed by atoms with Gasteiger partial charge in [0, 0.05) is 18.8 Å². The Morgan fingerprint density at radius 2 is 2.21 bits per heavy atom. The number of carbonyl (C=O) groups excluding carboxylic acids is 1. The third kappa shape index (κ3) is 2.78. The van der Waals surface area contributed by atoms with Crippen molar-refractivity contribution in [2.24, 2.45) is 5.92 Å². The maximum atomic E-state index is 12.0. The number of pyridine rings is 1. The van der Waals surface area contributed by atoms with Crippen molar-refractivity contribution < 1.29 is 9.21 Å². The summed E-state index contributed by atoms with van der Waals surface area (Å²) in [6.45, 7) is 0.753. The number of aromatic nitrogens is 1. The highest BCUT2D eigenvalue weighted by Crippen LogP contribution is 2.23. The number of amides is 1. The van der Waals surface area contributed by atoms with Crippen LogP contribution >= 0.6 is 0 Å². The molecule has 1 saturated carbocycles. The van der Waals surface area contributed by atoms with Crippen molar-refractivity contribution in [3.05, 3.63) is 30.2 Å². The van der Waals surface area contributed by atoms with E-state index in [9.17, 15) is 4.79 Å². The molecule has 0 unspecified atom stereocenters. The molecule has 1 aliphatic rings. The van der Waals surface area contributed by atoms with Crippen LogP contribution in [0.4, 0.5) is 0 Å². The Morgan fingerprint density at radius 1 is 1.37 bits per heavy atom. The number of furan rings is 1. The molecule has 2 aromatic rings. The van der Waals surface area contributed by atoms with E-state index in [2.05, 4.69) is 10.3 Å². The summed E-state index contributed by atoms with van der Waals surface area (Å²) in [5, 5.41) is 2.97. The van der Waals surface area contributed by atoms with Crippen molar-refractivity contribution in [2.45, 2.75) is 32.1 Å². The first kappa shape index (κ1) is 12.2. The molecule has 0 atom stereocenters. The molecule has 100 valence electrons. The number of hydrogen-bond donors (Lipinski definition) is 1. The van der Waals surface area contributed by atoms with Crippen molar-refractivity contribution in [1.82, 2.24) is 10.3 Å². The molecular weight excluding hydrogens is 240 g/mol. The molecule has 1 amide bonds. The Labute approximate surface area is 112 Å². The third-order valence-corrected chi connectivity index (χ3v) is 3.79. The minimum absolute atomic E-state index is 0.136. The van der Waals surface area contributed by atoms with Gasteiger partial charge in [0.05, 0.1) is 0 Å². The molecule has 1 aliphatic carbocycles. The lowest BCUT2D eigenvalue weighted by Gasteiger charge is -2.21. The minimum atomic E-state index is -0.136. The van der Waals surface area contributed by atoms with E-state index in [0.29, 0.717) is 17.3 Å². The van der Waals surface area contributed by atoms with Gasteiger partial charge in [0.25, 0.3) is 5.91 Å². The number of rotatable bonds is 3. The second kappa shape index (κ2) is 5.43. The first-order chi connectivity index (χ1) is 9.33. The molecule has 0 saturated heterocycles. The molecule has 1 fully saturated rings. The van der Waals surface area contributed by atoms with Gasteiger partial charge in [-0.05, 0) is 30.9 Å². The largest absolute Gasteiger partial charge is 0.449 e. The van der Waals surface area contributed by atoms with Crippen LogP contribution in [-0.4, -0.2) is 17.4 Å². The second-order valence-electron chi connectivity index (χ2n) is 5.21. The summed E-state index contributed by atoms with van der Waals surface area (Å²) in [7, 11) is 0. The zero-order chi connectivity index (χ0) is 13.1. The van der Waals surface area contributed by atoms with Gasteiger partial charge < -0.3 is 9.73 Å². The summed E-state index contributed by atoms with van der Waals surface area (Å²) in [4.78, 5) is 16.2. The molecule has 1 N–H and O–H groups in total. The van der Waals surface area contributed by atoms with Crippen molar-refractivity contribution in [2.75, 3.05) is 6.54 Å². The van der Waals surface area contributed by atoms with E-state index in [-0.39, 0.29) is 5.91 Å². The highest BCUT2D eigenvalue weighted by molar-refractivity contribution is 5.95. The monoisotopic (exact) mass is 258 g/mol. The molecule has 0 bridgehead atoms. The van der Waals surface area contributed by atoms with Gasteiger partial charge in [-0.25, -0.2) is 0 Å². The smallest absolute Gasteiger partial charge is 0.287 e. The zero-order valence-corrected chi connectivity index (χ0v) is 10.9. The van der Waals surface area contributed by atoms with Crippen molar-refractivity contribution in [3.8, 4) is 0 Å². The maximum Gasteiger partial charge on any atom is 0.287 e. The van der Waals surface area contributed by atoms with Gasteiger partial charge in [-0.15, -0.1) is 0 Å². The van der Waals surface area contributed by atoms with Crippen LogP contribution in [0.5, 0.6) is 0 Å². The summed E-state index contributed by atoms with van der Waals surface area (Å²) < 4.78 is 5.50. The maximum absolute atomic E-state index is 12.0. The number of hydrogen-bond acceptors (Lipinski definition) is 3. The SMILES string of the molecule is O=C(NCC1CCCCC1)c1cc2ncccc2o1. The van der Waals surface area contributed by atoms with Gasteiger partial charge in [0.2, 0.25) is 0 Å². The lowest BCUT2D eigenvalue weighted by molar-refractivity contribution is 0.0918. The van der Waals surface area contributed by atoms with Crippen LogP contribution in [0.15, 0.2) is 28.8 Å². The minimum Gasteiger partial charge on any atom is -0.449 e. The van der Waals surface area contributed by atoms with E-state index in [0.717, 1.165) is 12.1 Å². The normalized spacial score (nSPS) is 16.6. The van der Waals surface area contributed by atoms with Crippen LogP contribution in [0.25, 0.3) is 11.1 Å². The highest BCUT2D eigenvalue weighted by atomic mass is 16.3. The van der Waals surface area contributed by atoms with Crippen molar-refractivity contribution in [1.29, 1.82) is 0 Å². The van der Waals surface area contributed by atoms with Gasteiger partial charge in [-0.2, -0.15) is 0 Å². The van der Waals surface area contributed by atoms with E-state index >= 15 is 0 Å². The van der Waals surface area contributed by atoms with E-state index < -0.39 is 0 Å². The third-order valence-electron chi connectivity index (χ3n) is 3.79. The van der Waals surface area contributed by atoms with Gasteiger partial charge in [-0.1, -0.05) is 19.3 Å².